The highest BCUT2D eigenvalue weighted by atomic mass is 32.1. The largest absolute Gasteiger partial charge is 0.356 e. The molecule has 0 atom stereocenters. The molecular weight excluding hydrogens is 196 g/mol. The summed E-state index contributed by atoms with van der Waals surface area (Å²) in [6.45, 7) is 2.00. The van der Waals surface area contributed by atoms with Crippen molar-refractivity contribution < 1.29 is 0 Å². The molecule has 0 saturated heterocycles. The van der Waals surface area contributed by atoms with Gasteiger partial charge in [-0.3, -0.25) is 0 Å². The zero-order chi connectivity index (χ0) is 9.71. The summed E-state index contributed by atoms with van der Waals surface area (Å²) < 4.78 is 2.77. The lowest BCUT2D eigenvalue weighted by atomic mass is 10.3. The summed E-state index contributed by atoms with van der Waals surface area (Å²) in [5.74, 6) is 0.986. The van der Waals surface area contributed by atoms with Crippen LogP contribution in [0.15, 0.2) is 12.3 Å². The van der Waals surface area contributed by atoms with Gasteiger partial charge in [0.2, 0.25) is 0 Å². The lowest BCUT2D eigenvalue weighted by Gasteiger charge is -2.25. The van der Waals surface area contributed by atoms with Crippen LogP contribution in [-0.4, -0.2) is 28.1 Å². The zero-order valence-corrected chi connectivity index (χ0v) is 8.64. The van der Waals surface area contributed by atoms with Gasteiger partial charge < -0.3 is 14.5 Å². The summed E-state index contributed by atoms with van der Waals surface area (Å²) in [5.41, 5.74) is 2.24. The van der Waals surface area contributed by atoms with Crippen LogP contribution in [0.5, 0.6) is 0 Å². The van der Waals surface area contributed by atoms with Gasteiger partial charge in [-0.2, -0.15) is 0 Å². The van der Waals surface area contributed by atoms with E-state index in [0.717, 1.165) is 29.9 Å². The van der Waals surface area contributed by atoms with Crippen molar-refractivity contribution in [2.75, 3.05) is 18.5 Å². The first-order chi connectivity index (χ1) is 6.75. The molecule has 0 aliphatic carbocycles. The minimum absolute atomic E-state index is 0.555. The molecule has 4 nitrogen and oxygen atoms in total. The van der Waals surface area contributed by atoms with Gasteiger partial charge in [0.05, 0.1) is 5.52 Å². The molecule has 1 aliphatic heterocycles. The molecule has 0 aromatic carbocycles. The SMILES string of the molecule is CN1CCn2ccc3[nH]c(=S)nc1c32. The Balaban J connectivity index is 2.51. The molecule has 5 heteroatoms. The molecule has 1 aliphatic rings. The number of nitrogens with one attached hydrogen (secondary N) is 1. The van der Waals surface area contributed by atoms with Gasteiger partial charge in [0.15, 0.2) is 10.6 Å². The third-order valence-electron chi connectivity index (χ3n) is 2.66. The summed E-state index contributed by atoms with van der Waals surface area (Å²) in [4.78, 5) is 9.59. The maximum absolute atomic E-state index is 5.08. The summed E-state index contributed by atoms with van der Waals surface area (Å²) in [7, 11) is 2.05. The highest BCUT2D eigenvalue weighted by Gasteiger charge is 2.17. The van der Waals surface area contributed by atoms with Crippen LogP contribution in [0.25, 0.3) is 11.0 Å². The smallest absolute Gasteiger partial charge is 0.199 e. The van der Waals surface area contributed by atoms with E-state index in [2.05, 4.69) is 31.7 Å². The molecule has 3 heterocycles. The third kappa shape index (κ3) is 0.928. The summed E-state index contributed by atoms with van der Waals surface area (Å²) in [5, 5.41) is 0. The van der Waals surface area contributed by atoms with E-state index in [-0.39, 0.29) is 0 Å². The minimum Gasteiger partial charge on any atom is -0.356 e. The van der Waals surface area contributed by atoms with Crippen LogP contribution in [0, 0.1) is 4.77 Å². The number of hydrogen-bond donors (Lipinski definition) is 1. The third-order valence-corrected chi connectivity index (χ3v) is 2.86. The van der Waals surface area contributed by atoms with Gasteiger partial charge in [-0.05, 0) is 18.3 Å². The fourth-order valence-electron chi connectivity index (χ4n) is 1.93. The minimum atomic E-state index is 0.555. The second kappa shape index (κ2) is 2.57. The molecule has 0 bridgehead atoms. The maximum atomic E-state index is 5.08. The van der Waals surface area contributed by atoms with E-state index in [1.54, 1.807) is 0 Å². The van der Waals surface area contributed by atoms with E-state index in [0.29, 0.717) is 4.77 Å². The molecule has 1 N–H and O–H groups in total. The van der Waals surface area contributed by atoms with Crippen LogP contribution in [0.3, 0.4) is 0 Å². The summed E-state index contributed by atoms with van der Waals surface area (Å²) in [6.07, 6.45) is 2.08. The lowest BCUT2D eigenvalue weighted by molar-refractivity contribution is 0.676. The topological polar surface area (TPSA) is 36.9 Å². The number of hydrogen-bond acceptors (Lipinski definition) is 3. The number of likely N-dealkylation sites (N-methyl/N-ethyl adjacent to an activating group) is 1. The van der Waals surface area contributed by atoms with E-state index in [1.165, 1.54) is 0 Å². The predicted molar refractivity (Wildman–Crippen MR) is 58.2 cm³/mol. The Bertz CT molecular complexity index is 553. The average Bonchev–Trinajstić information content (AvgIpc) is 2.55. The molecule has 0 spiro atoms. The monoisotopic (exact) mass is 206 g/mol. The number of nitrogens with zero attached hydrogens (tertiary/aromatic N) is 3. The van der Waals surface area contributed by atoms with E-state index < -0.39 is 0 Å². The first-order valence-corrected chi connectivity index (χ1v) is 4.97. The second-order valence-electron chi connectivity index (χ2n) is 3.56. The fraction of sp³-hybridized carbons (Fsp3) is 0.333. The maximum Gasteiger partial charge on any atom is 0.199 e. The van der Waals surface area contributed by atoms with Crippen molar-refractivity contribution in [2.24, 2.45) is 0 Å². The van der Waals surface area contributed by atoms with Crippen molar-refractivity contribution in [1.82, 2.24) is 14.5 Å². The van der Waals surface area contributed by atoms with Crippen molar-refractivity contribution in [2.45, 2.75) is 6.54 Å². The van der Waals surface area contributed by atoms with E-state index in [9.17, 15) is 0 Å². The Kier molecular flexibility index (Phi) is 1.47. The van der Waals surface area contributed by atoms with Crippen LogP contribution in [-0.2, 0) is 6.54 Å². The highest BCUT2D eigenvalue weighted by molar-refractivity contribution is 7.71. The average molecular weight is 206 g/mol. The van der Waals surface area contributed by atoms with Gasteiger partial charge in [-0.15, -0.1) is 0 Å². The van der Waals surface area contributed by atoms with Crippen molar-refractivity contribution in [3.05, 3.63) is 17.0 Å². The van der Waals surface area contributed by atoms with Crippen LogP contribution in [0.2, 0.25) is 0 Å². The van der Waals surface area contributed by atoms with Gasteiger partial charge in [-0.25, -0.2) is 4.98 Å². The van der Waals surface area contributed by atoms with Crippen molar-refractivity contribution in [3.8, 4) is 0 Å². The Morgan fingerprint density at radius 1 is 1.50 bits per heavy atom. The molecular formula is C9H10N4S. The first-order valence-electron chi connectivity index (χ1n) is 4.56. The standard InChI is InChI=1S/C9H10N4S/c1-12-4-5-13-3-2-6-7(13)8(12)11-9(14)10-6/h2-3H,4-5H2,1H3,(H,10,11,14). The van der Waals surface area contributed by atoms with Crippen LogP contribution in [0.4, 0.5) is 5.82 Å². The first kappa shape index (κ1) is 7.99. The molecule has 2 aromatic rings. The number of anilines is 1. The molecule has 0 amide bonds. The normalized spacial score (nSPS) is 15.1. The lowest BCUT2D eigenvalue weighted by Crippen LogP contribution is -2.28. The van der Waals surface area contributed by atoms with Crippen LogP contribution >= 0.6 is 12.2 Å². The Labute approximate surface area is 86.2 Å². The van der Waals surface area contributed by atoms with Gasteiger partial charge in [0.1, 0.15) is 5.52 Å². The second-order valence-corrected chi connectivity index (χ2v) is 3.95. The van der Waals surface area contributed by atoms with E-state index >= 15 is 0 Å². The molecule has 2 aromatic heterocycles. The van der Waals surface area contributed by atoms with Crippen molar-refractivity contribution in [3.63, 3.8) is 0 Å². The Morgan fingerprint density at radius 2 is 2.36 bits per heavy atom. The molecule has 0 unspecified atom stereocenters. The highest BCUT2D eigenvalue weighted by Crippen LogP contribution is 2.26. The van der Waals surface area contributed by atoms with E-state index in [1.807, 2.05) is 7.05 Å². The van der Waals surface area contributed by atoms with Crippen molar-refractivity contribution >= 4 is 29.1 Å². The number of rotatable bonds is 0. The van der Waals surface area contributed by atoms with Gasteiger partial charge in [0, 0.05) is 26.3 Å². The fourth-order valence-corrected chi connectivity index (χ4v) is 2.13. The predicted octanol–water partition coefficient (Wildman–Crippen LogP) is 1.54. The Hall–Kier alpha value is -1.36. The zero-order valence-electron chi connectivity index (χ0n) is 7.82. The van der Waals surface area contributed by atoms with Crippen molar-refractivity contribution in [1.29, 1.82) is 0 Å². The molecule has 72 valence electrons. The van der Waals surface area contributed by atoms with E-state index in [4.69, 9.17) is 12.2 Å². The van der Waals surface area contributed by atoms with Gasteiger partial charge >= 0.3 is 0 Å². The van der Waals surface area contributed by atoms with Crippen LogP contribution in [0.1, 0.15) is 0 Å². The Morgan fingerprint density at radius 3 is 3.21 bits per heavy atom. The number of H-pyrrole nitrogens is 1. The molecule has 0 saturated carbocycles. The molecule has 14 heavy (non-hydrogen) atoms. The summed E-state index contributed by atoms with van der Waals surface area (Å²) in [6, 6.07) is 2.05. The van der Waals surface area contributed by atoms with Gasteiger partial charge in [-0.1, -0.05) is 0 Å². The van der Waals surface area contributed by atoms with Crippen LogP contribution < -0.4 is 4.90 Å². The number of aromatic nitrogens is 3. The quantitative estimate of drug-likeness (QED) is 0.664. The molecule has 0 fully saturated rings. The number of aromatic amines is 1. The van der Waals surface area contributed by atoms with Gasteiger partial charge in [0.25, 0.3) is 0 Å². The molecule has 0 radical (unpaired) electrons. The molecule has 3 rings (SSSR count). The summed E-state index contributed by atoms with van der Waals surface area (Å²) >= 11 is 5.08.